The Balaban J connectivity index is 0.00000112. The van der Waals surface area contributed by atoms with E-state index in [2.05, 4.69) is 15.0 Å². The molecule has 7 heteroatoms. The Hall–Kier alpha value is -0.746. The smallest absolute Gasteiger partial charge is 0.223 e. The fraction of sp³-hybridized carbons (Fsp3) is 0.333. The average Bonchev–Trinajstić information content (AvgIpc) is 2.40. The van der Waals surface area contributed by atoms with Crippen LogP contribution in [0, 0.1) is 14.4 Å². The van der Waals surface area contributed by atoms with Crippen molar-refractivity contribution >= 4 is 17.0 Å². The Morgan fingerprint density at radius 1 is 1.44 bits per heavy atom. The summed E-state index contributed by atoms with van der Waals surface area (Å²) in [6, 6.07) is 0. The largest absolute Gasteiger partial charge is 0.383 e. The molecule has 0 aliphatic heterocycles. The molecule has 16 heavy (non-hydrogen) atoms. The summed E-state index contributed by atoms with van der Waals surface area (Å²) in [5, 5.41) is 0. The molecule has 0 bridgehead atoms. The van der Waals surface area contributed by atoms with Crippen LogP contribution in [0.15, 0.2) is 4.79 Å². The molecule has 0 fully saturated rings. The first kappa shape index (κ1) is 15.3. The van der Waals surface area contributed by atoms with E-state index in [1.54, 1.807) is 6.92 Å². The summed E-state index contributed by atoms with van der Waals surface area (Å²) in [4.78, 5) is 23.2. The number of fused-ring (bicyclic) bond motifs is 1. The van der Waals surface area contributed by atoms with Crippen molar-refractivity contribution in [3.63, 3.8) is 0 Å². The zero-order chi connectivity index (χ0) is 10.3. The van der Waals surface area contributed by atoms with Crippen LogP contribution in [0.25, 0.3) is 11.2 Å². The fourth-order valence-electron chi connectivity index (χ4n) is 1.45. The molecule has 1 radical (unpaired) electrons. The minimum Gasteiger partial charge on any atom is -0.383 e. The molecule has 0 aliphatic rings. The first-order valence-corrected chi connectivity index (χ1v) is 4.30. The maximum Gasteiger partial charge on any atom is 0.223 e. The van der Waals surface area contributed by atoms with Crippen LogP contribution in [-0.2, 0) is 39.3 Å². The van der Waals surface area contributed by atoms with E-state index in [0.29, 0.717) is 29.4 Å². The van der Waals surface area contributed by atoms with Crippen LogP contribution in [0.4, 0.5) is 5.82 Å². The number of hydrogen-bond acceptors (Lipinski definition) is 4. The number of anilines is 1. The number of aromatic nitrogens is 4. The first-order chi connectivity index (χ1) is 6.63. The minimum atomic E-state index is -0.325. The van der Waals surface area contributed by atoms with Gasteiger partial charge < -0.3 is 27.7 Å². The monoisotopic (exact) mass is 296 g/mol. The second kappa shape index (κ2) is 5.54. The third-order valence-electron chi connectivity index (χ3n) is 2.02. The van der Waals surface area contributed by atoms with Crippen molar-refractivity contribution in [1.82, 2.24) is 19.5 Å². The second-order valence-corrected chi connectivity index (χ2v) is 2.97. The van der Waals surface area contributed by atoms with Crippen LogP contribution < -0.4 is 16.4 Å². The number of rotatable bonds is 1. The molecule has 0 unspecified atom stereocenters. The molecule has 0 spiro atoms. The standard InChI is InChI=1S/C8H11N5O.CH3.Y/c1-3-13-5-6(9)10-4(2)11-7(5)12-8(13)14;;/h3H2,1-2H3,(H3,9,10,11,12,14);1H3;/q;-1;/p-1. The number of hydrogen-bond donors (Lipinski definition) is 1. The summed E-state index contributed by atoms with van der Waals surface area (Å²) < 4.78 is 1.46. The van der Waals surface area contributed by atoms with E-state index < -0.39 is 0 Å². The van der Waals surface area contributed by atoms with Gasteiger partial charge in [-0.15, -0.1) is 0 Å². The predicted octanol–water partition coefficient (Wildman–Crippen LogP) is 0.107. The zero-order valence-electron chi connectivity index (χ0n) is 9.56. The minimum absolute atomic E-state index is 0. The van der Waals surface area contributed by atoms with Gasteiger partial charge in [0.25, 0.3) is 0 Å². The number of imidazole rings is 1. The van der Waals surface area contributed by atoms with E-state index in [1.807, 2.05) is 6.92 Å². The van der Waals surface area contributed by atoms with Gasteiger partial charge in [-0.3, -0.25) is 4.79 Å². The van der Waals surface area contributed by atoms with E-state index in [-0.39, 0.29) is 45.8 Å². The van der Waals surface area contributed by atoms with Gasteiger partial charge in [0.05, 0.1) is 5.82 Å². The summed E-state index contributed by atoms with van der Waals surface area (Å²) in [5.74, 6) is 0.833. The van der Waals surface area contributed by atoms with Crippen LogP contribution in [0.3, 0.4) is 0 Å². The molecular formula is C9H13N5OY-2. The van der Waals surface area contributed by atoms with Crippen molar-refractivity contribution in [3.05, 3.63) is 23.7 Å². The van der Waals surface area contributed by atoms with Gasteiger partial charge in [0.2, 0.25) is 5.69 Å². The molecule has 2 aromatic heterocycles. The van der Waals surface area contributed by atoms with Gasteiger partial charge in [-0.25, -0.2) is 4.98 Å². The van der Waals surface area contributed by atoms with E-state index in [4.69, 9.17) is 5.73 Å². The van der Waals surface area contributed by atoms with Crippen molar-refractivity contribution < 1.29 is 32.7 Å². The molecule has 2 rings (SSSR count). The van der Waals surface area contributed by atoms with Crippen LogP contribution >= 0.6 is 0 Å². The van der Waals surface area contributed by atoms with E-state index in [1.165, 1.54) is 4.57 Å². The Labute approximate surface area is 119 Å². The van der Waals surface area contributed by atoms with Crippen LogP contribution in [0.5, 0.6) is 0 Å². The zero-order valence-corrected chi connectivity index (χ0v) is 12.4. The average molecular weight is 296 g/mol. The van der Waals surface area contributed by atoms with Crippen LogP contribution in [0.2, 0.25) is 0 Å². The van der Waals surface area contributed by atoms with E-state index in [0.717, 1.165) is 0 Å². The molecule has 6 nitrogen and oxygen atoms in total. The topological polar surface area (TPSA) is 87.9 Å². The summed E-state index contributed by atoms with van der Waals surface area (Å²) in [7, 11) is 0. The van der Waals surface area contributed by atoms with E-state index >= 15 is 0 Å². The quantitative estimate of drug-likeness (QED) is 0.754. The summed E-state index contributed by atoms with van der Waals surface area (Å²) in [6.45, 7) is 4.08. The molecule has 2 heterocycles. The predicted molar refractivity (Wildman–Crippen MR) is 58.4 cm³/mol. The van der Waals surface area contributed by atoms with Gasteiger partial charge in [-0.05, 0) is 13.5 Å². The Morgan fingerprint density at radius 3 is 2.62 bits per heavy atom. The van der Waals surface area contributed by atoms with Crippen molar-refractivity contribution in [2.24, 2.45) is 0 Å². The third-order valence-corrected chi connectivity index (χ3v) is 2.02. The van der Waals surface area contributed by atoms with Gasteiger partial charge in [0, 0.05) is 43.9 Å². The molecule has 0 aliphatic carbocycles. The summed E-state index contributed by atoms with van der Waals surface area (Å²) in [6.07, 6.45) is 0. The Morgan fingerprint density at radius 2 is 2.06 bits per heavy atom. The van der Waals surface area contributed by atoms with Gasteiger partial charge >= 0.3 is 0 Å². The number of nitrogens with zero attached hydrogens (tertiary/aromatic N) is 4. The van der Waals surface area contributed by atoms with E-state index in [9.17, 15) is 4.79 Å². The molecule has 0 saturated carbocycles. The van der Waals surface area contributed by atoms with Crippen molar-refractivity contribution in [2.75, 3.05) is 5.73 Å². The van der Waals surface area contributed by atoms with Gasteiger partial charge in [-0.1, -0.05) is 6.92 Å². The summed E-state index contributed by atoms with van der Waals surface area (Å²) >= 11 is 0. The van der Waals surface area contributed by atoms with Crippen molar-refractivity contribution in [1.29, 1.82) is 0 Å². The molecule has 2 aromatic rings. The Kier molecular flexibility index (Phi) is 5.28. The van der Waals surface area contributed by atoms with Gasteiger partial charge in [-0.2, -0.15) is 0 Å². The first-order valence-electron chi connectivity index (χ1n) is 4.30. The van der Waals surface area contributed by atoms with Crippen molar-refractivity contribution in [3.8, 4) is 0 Å². The third kappa shape index (κ3) is 2.33. The molecule has 2 N–H and O–H groups in total. The fourth-order valence-corrected chi connectivity index (χ4v) is 1.45. The van der Waals surface area contributed by atoms with Crippen molar-refractivity contribution in [2.45, 2.75) is 20.4 Å². The second-order valence-electron chi connectivity index (χ2n) is 2.97. The normalized spacial score (nSPS) is 9.62. The SMILES string of the molecule is CCn1c(=O)[n-]c2nc(C)nc(N)c21.[CH3-].[Y]. The molecule has 0 aromatic carbocycles. The molecule has 0 atom stereocenters. The maximum absolute atomic E-state index is 11.4. The molecule has 85 valence electrons. The Bertz CT molecular complexity index is 545. The number of nitrogen functional groups attached to an aromatic ring is 1. The maximum atomic E-state index is 11.4. The summed E-state index contributed by atoms with van der Waals surface area (Å²) in [5.41, 5.74) is 6.28. The molecule has 0 amide bonds. The van der Waals surface area contributed by atoms with Gasteiger partial charge in [0.15, 0.2) is 0 Å². The van der Waals surface area contributed by atoms with Gasteiger partial charge in [0.1, 0.15) is 5.82 Å². The molecule has 0 saturated heterocycles. The van der Waals surface area contributed by atoms with Crippen LogP contribution in [-0.4, -0.2) is 14.5 Å². The van der Waals surface area contributed by atoms with Crippen LogP contribution in [0.1, 0.15) is 12.7 Å². The number of nitrogens with two attached hydrogens (primary N) is 1. The molecular weight excluding hydrogens is 283 g/mol. The number of aryl methyl sites for hydroxylation is 2.